The highest BCUT2D eigenvalue weighted by Crippen LogP contribution is 2.22. The molecule has 0 radical (unpaired) electrons. The number of nitrogens with zero attached hydrogens (tertiary/aromatic N) is 3. The first-order valence-electron chi connectivity index (χ1n) is 8.80. The summed E-state index contributed by atoms with van der Waals surface area (Å²) in [5.74, 6) is 0.933. The van der Waals surface area contributed by atoms with Crippen LogP contribution < -0.4 is 15.5 Å². The van der Waals surface area contributed by atoms with Gasteiger partial charge in [0.1, 0.15) is 0 Å². The van der Waals surface area contributed by atoms with Gasteiger partial charge in [-0.15, -0.1) is 5.10 Å². The van der Waals surface area contributed by atoms with E-state index in [1.54, 1.807) is 6.20 Å². The SMILES string of the molecule is Cc1ccccc1CNC(=O)CNC[C@@H]1CCCN1c1cccnn1. The summed E-state index contributed by atoms with van der Waals surface area (Å²) in [5, 5.41) is 14.4. The molecule has 1 aliphatic rings. The third kappa shape index (κ3) is 4.76. The Hall–Kier alpha value is -2.47. The van der Waals surface area contributed by atoms with E-state index in [2.05, 4.69) is 38.7 Å². The maximum Gasteiger partial charge on any atom is 0.234 e. The lowest BCUT2D eigenvalue weighted by atomic mass is 10.1. The molecule has 3 rings (SSSR count). The van der Waals surface area contributed by atoms with Crippen molar-refractivity contribution in [2.24, 2.45) is 0 Å². The lowest BCUT2D eigenvalue weighted by molar-refractivity contribution is -0.120. The van der Waals surface area contributed by atoms with Crippen LogP contribution >= 0.6 is 0 Å². The molecule has 1 saturated heterocycles. The lowest BCUT2D eigenvalue weighted by Crippen LogP contribution is -2.42. The second-order valence-electron chi connectivity index (χ2n) is 6.41. The third-order valence-electron chi connectivity index (χ3n) is 4.63. The molecule has 6 heteroatoms. The average molecular weight is 339 g/mol. The molecule has 1 atom stereocenters. The number of carbonyl (C=O) groups is 1. The zero-order chi connectivity index (χ0) is 17.5. The van der Waals surface area contributed by atoms with Gasteiger partial charge in [-0.25, -0.2) is 0 Å². The Bertz CT molecular complexity index is 691. The molecule has 1 aromatic carbocycles. The minimum absolute atomic E-state index is 0.0207. The number of aryl methyl sites for hydroxylation is 1. The summed E-state index contributed by atoms with van der Waals surface area (Å²) < 4.78 is 0. The summed E-state index contributed by atoms with van der Waals surface area (Å²) in [5.41, 5.74) is 2.35. The Balaban J connectivity index is 1.41. The van der Waals surface area contributed by atoms with Gasteiger partial charge in [-0.3, -0.25) is 4.79 Å². The van der Waals surface area contributed by atoms with E-state index in [0.29, 0.717) is 19.1 Å². The normalized spacial score (nSPS) is 16.8. The number of hydrogen-bond acceptors (Lipinski definition) is 5. The van der Waals surface area contributed by atoms with E-state index < -0.39 is 0 Å². The van der Waals surface area contributed by atoms with Crippen LogP contribution in [0.4, 0.5) is 5.82 Å². The number of amides is 1. The van der Waals surface area contributed by atoms with Crippen LogP contribution in [0.3, 0.4) is 0 Å². The van der Waals surface area contributed by atoms with E-state index in [9.17, 15) is 4.79 Å². The molecule has 1 aliphatic heterocycles. The molecule has 1 aromatic heterocycles. The third-order valence-corrected chi connectivity index (χ3v) is 4.63. The maximum atomic E-state index is 12.0. The summed E-state index contributed by atoms with van der Waals surface area (Å²) in [6, 6.07) is 12.4. The fourth-order valence-corrected chi connectivity index (χ4v) is 3.21. The Kier molecular flexibility index (Phi) is 5.95. The van der Waals surface area contributed by atoms with Crippen molar-refractivity contribution in [3.05, 3.63) is 53.7 Å². The molecule has 2 N–H and O–H groups in total. The number of rotatable bonds is 7. The lowest BCUT2D eigenvalue weighted by Gasteiger charge is -2.25. The highest BCUT2D eigenvalue weighted by atomic mass is 16.1. The van der Waals surface area contributed by atoms with Crippen LogP contribution in [0, 0.1) is 6.92 Å². The Morgan fingerprint density at radius 2 is 2.16 bits per heavy atom. The van der Waals surface area contributed by atoms with Gasteiger partial charge in [0.2, 0.25) is 5.91 Å². The fraction of sp³-hybridized carbons (Fsp3) is 0.421. The van der Waals surface area contributed by atoms with Crippen molar-refractivity contribution >= 4 is 11.7 Å². The maximum absolute atomic E-state index is 12.0. The van der Waals surface area contributed by atoms with Gasteiger partial charge < -0.3 is 15.5 Å². The summed E-state index contributed by atoms with van der Waals surface area (Å²) in [7, 11) is 0. The molecule has 1 amide bonds. The summed E-state index contributed by atoms with van der Waals surface area (Å²) in [6.07, 6.45) is 3.93. The quantitative estimate of drug-likeness (QED) is 0.803. The number of aromatic nitrogens is 2. The van der Waals surface area contributed by atoms with Crippen molar-refractivity contribution in [2.45, 2.75) is 32.4 Å². The van der Waals surface area contributed by atoms with Gasteiger partial charge in [0.25, 0.3) is 0 Å². The minimum Gasteiger partial charge on any atom is -0.351 e. The van der Waals surface area contributed by atoms with Crippen LogP contribution in [-0.4, -0.2) is 41.8 Å². The van der Waals surface area contributed by atoms with Crippen molar-refractivity contribution in [3.63, 3.8) is 0 Å². The molecule has 0 saturated carbocycles. The number of hydrogen-bond donors (Lipinski definition) is 2. The van der Waals surface area contributed by atoms with Crippen molar-refractivity contribution < 1.29 is 4.79 Å². The van der Waals surface area contributed by atoms with Crippen molar-refractivity contribution in [3.8, 4) is 0 Å². The van der Waals surface area contributed by atoms with E-state index in [0.717, 1.165) is 37.3 Å². The molecule has 6 nitrogen and oxygen atoms in total. The van der Waals surface area contributed by atoms with Gasteiger partial charge in [0.05, 0.1) is 6.54 Å². The average Bonchev–Trinajstić information content (AvgIpc) is 3.10. The highest BCUT2D eigenvalue weighted by Gasteiger charge is 2.25. The monoisotopic (exact) mass is 339 g/mol. The topological polar surface area (TPSA) is 70.2 Å². The standard InChI is InChI=1S/C19H25N5O/c1-15-6-2-3-7-16(15)12-21-19(25)14-20-13-17-8-5-11-24(17)18-9-4-10-22-23-18/h2-4,6-7,9-10,17,20H,5,8,11-14H2,1H3,(H,21,25)/t17-/m0/s1. The second kappa shape index (κ2) is 8.58. The molecule has 0 spiro atoms. The number of benzene rings is 1. The molecule has 25 heavy (non-hydrogen) atoms. The molecule has 0 bridgehead atoms. The van der Waals surface area contributed by atoms with E-state index in [1.165, 1.54) is 5.56 Å². The van der Waals surface area contributed by atoms with E-state index in [4.69, 9.17) is 0 Å². The smallest absolute Gasteiger partial charge is 0.234 e. The molecule has 0 aliphatic carbocycles. The van der Waals surface area contributed by atoms with Crippen LogP contribution in [0.2, 0.25) is 0 Å². The summed E-state index contributed by atoms with van der Waals surface area (Å²) in [4.78, 5) is 14.3. The number of carbonyl (C=O) groups excluding carboxylic acids is 1. The first kappa shape index (κ1) is 17.4. The van der Waals surface area contributed by atoms with Crippen molar-refractivity contribution in [2.75, 3.05) is 24.5 Å². The fourth-order valence-electron chi connectivity index (χ4n) is 3.21. The van der Waals surface area contributed by atoms with Gasteiger partial charge >= 0.3 is 0 Å². The summed E-state index contributed by atoms with van der Waals surface area (Å²) >= 11 is 0. The van der Waals surface area contributed by atoms with E-state index in [-0.39, 0.29) is 5.91 Å². The van der Waals surface area contributed by atoms with Gasteiger partial charge in [0.15, 0.2) is 5.82 Å². The molecular formula is C19H25N5O. The van der Waals surface area contributed by atoms with Crippen molar-refractivity contribution in [1.82, 2.24) is 20.8 Å². The Morgan fingerprint density at radius 3 is 2.96 bits per heavy atom. The second-order valence-corrected chi connectivity index (χ2v) is 6.41. The van der Waals surface area contributed by atoms with Crippen LogP contribution in [0.15, 0.2) is 42.6 Å². The largest absolute Gasteiger partial charge is 0.351 e. The van der Waals surface area contributed by atoms with Gasteiger partial charge in [-0.1, -0.05) is 24.3 Å². The predicted octanol–water partition coefficient (Wildman–Crippen LogP) is 1.66. The molecule has 2 heterocycles. The van der Waals surface area contributed by atoms with Crippen LogP contribution in [-0.2, 0) is 11.3 Å². The Morgan fingerprint density at radius 1 is 1.28 bits per heavy atom. The minimum atomic E-state index is 0.0207. The predicted molar refractivity (Wildman–Crippen MR) is 98.3 cm³/mol. The highest BCUT2D eigenvalue weighted by molar-refractivity contribution is 5.78. The van der Waals surface area contributed by atoms with Crippen LogP contribution in [0.5, 0.6) is 0 Å². The number of anilines is 1. The van der Waals surface area contributed by atoms with Gasteiger partial charge in [0, 0.05) is 31.9 Å². The van der Waals surface area contributed by atoms with E-state index in [1.807, 2.05) is 30.3 Å². The molecule has 132 valence electrons. The van der Waals surface area contributed by atoms with Crippen molar-refractivity contribution in [1.29, 1.82) is 0 Å². The number of nitrogens with one attached hydrogen (secondary N) is 2. The first-order chi connectivity index (χ1) is 12.2. The first-order valence-corrected chi connectivity index (χ1v) is 8.80. The zero-order valence-electron chi connectivity index (χ0n) is 14.6. The molecule has 0 unspecified atom stereocenters. The van der Waals surface area contributed by atoms with Gasteiger partial charge in [-0.2, -0.15) is 5.10 Å². The van der Waals surface area contributed by atoms with Crippen LogP contribution in [0.1, 0.15) is 24.0 Å². The molecule has 2 aromatic rings. The van der Waals surface area contributed by atoms with E-state index >= 15 is 0 Å². The summed E-state index contributed by atoms with van der Waals surface area (Å²) in [6.45, 7) is 4.72. The van der Waals surface area contributed by atoms with Gasteiger partial charge in [-0.05, 0) is 43.0 Å². The molecular weight excluding hydrogens is 314 g/mol. The molecule has 1 fully saturated rings. The zero-order valence-corrected chi connectivity index (χ0v) is 14.6. The van der Waals surface area contributed by atoms with Crippen LogP contribution in [0.25, 0.3) is 0 Å². The Labute approximate surface area is 148 Å².